The van der Waals surface area contributed by atoms with Gasteiger partial charge in [-0.05, 0) is 71.1 Å². The molecule has 33 heavy (non-hydrogen) atoms. The number of aromatic nitrogens is 2. The zero-order chi connectivity index (χ0) is 23.2. The molecule has 5 rings (SSSR count). The number of ether oxygens (including phenoxy) is 3. The van der Waals surface area contributed by atoms with Crippen molar-refractivity contribution in [2.24, 2.45) is 0 Å². The van der Waals surface area contributed by atoms with E-state index >= 15 is 0 Å². The second kappa shape index (κ2) is 8.69. The lowest BCUT2D eigenvalue weighted by Crippen LogP contribution is -2.50. The van der Waals surface area contributed by atoms with Crippen LogP contribution in [0.4, 0.5) is 4.79 Å². The zero-order valence-electron chi connectivity index (χ0n) is 19.3. The summed E-state index contributed by atoms with van der Waals surface area (Å²) in [5.41, 5.74) is -0.230. The Bertz CT molecular complexity index is 958. The summed E-state index contributed by atoms with van der Waals surface area (Å²) < 4.78 is 41.1. The van der Waals surface area contributed by atoms with Crippen molar-refractivity contribution in [2.75, 3.05) is 6.26 Å². The topological polar surface area (TPSA) is 108 Å². The molecule has 1 aromatic heterocycles. The first-order valence-corrected chi connectivity index (χ1v) is 13.9. The summed E-state index contributed by atoms with van der Waals surface area (Å²) in [6.07, 6.45) is 13.3. The summed E-state index contributed by atoms with van der Waals surface area (Å²) in [7, 11) is -3.37. The average molecular weight is 480 g/mol. The van der Waals surface area contributed by atoms with Gasteiger partial charge < -0.3 is 19.1 Å². The van der Waals surface area contributed by atoms with E-state index in [2.05, 4.69) is 9.97 Å². The summed E-state index contributed by atoms with van der Waals surface area (Å²) in [6.45, 7) is 2.01. The van der Waals surface area contributed by atoms with Gasteiger partial charge in [-0.1, -0.05) is 0 Å². The van der Waals surface area contributed by atoms with Crippen LogP contribution in [0.3, 0.4) is 0 Å². The third kappa shape index (κ3) is 5.26. The van der Waals surface area contributed by atoms with E-state index in [1.807, 2.05) is 11.8 Å². The molecule has 2 bridgehead atoms. The molecule has 0 N–H and O–H groups in total. The van der Waals surface area contributed by atoms with E-state index in [9.17, 15) is 13.2 Å². The molecular formula is C23H33N3O6S. The van der Waals surface area contributed by atoms with Crippen molar-refractivity contribution < 1.29 is 27.4 Å². The molecule has 9 nitrogen and oxygen atoms in total. The highest BCUT2D eigenvalue weighted by atomic mass is 32.2. The number of fused-ring (bicyclic) bond motifs is 2. The molecule has 2 unspecified atom stereocenters. The minimum atomic E-state index is -3.37. The molecule has 10 heteroatoms. The number of carbonyl (C=O) groups is 1. The number of hydrogen-bond donors (Lipinski definition) is 0. The van der Waals surface area contributed by atoms with E-state index in [1.54, 1.807) is 0 Å². The van der Waals surface area contributed by atoms with Gasteiger partial charge in [0, 0.05) is 18.3 Å². The Balaban J connectivity index is 1.07. The third-order valence-corrected chi connectivity index (χ3v) is 8.44. The van der Waals surface area contributed by atoms with Crippen molar-refractivity contribution in [3.05, 3.63) is 12.4 Å². The maximum Gasteiger partial charge on any atom is 0.410 e. The maximum atomic E-state index is 12.7. The Morgan fingerprint density at radius 1 is 0.970 bits per heavy atom. The molecule has 2 atom stereocenters. The molecule has 2 aliphatic carbocycles. The van der Waals surface area contributed by atoms with Crippen LogP contribution in [0.5, 0.6) is 5.88 Å². The van der Waals surface area contributed by atoms with Crippen LogP contribution in [0.25, 0.3) is 0 Å². The Morgan fingerprint density at radius 2 is 1.61 bits per heavy atom. The van der Waals surface area contributed by atoms with Crippen molar-refractivity contribution in [2.45, 2.75) is 112 Å². The van der Waals surface area contributed by atoms with Gasteiger partial charge in [0.25, 0.3) is 0 Å². The molecule has 2 saturated heterocycles. The first-order chi connectivity index (χ1) is 15.7. The number of rotatable bonds is 6. The van der Waals surface area contributed by atoms with E-state index < -0.39 is 9.84 Å². The van der Waals surface area contributed by atoms with Gasteiger partial charge in [-0.3, -0.25) is 0 Å². The van der Waals surface area contributed by atoms with Gasteiger partial charge in [0.15, 0.2) is 14.9 Å². The largest absolute Gasteiger partial charge is 0.473 e. The van der Waals surface area contributed by atoms with Gasteiger partial charge in [-0.15, -0.1) is 0 Å². The molecule has 0 radical (unpaired) electrons. The van der Waals surface area contributed by atoms with E-state index in [0.717, 1.165) is 70.5 Å². The van der Waals surface area contributed by atoms with Gasteiger partial charge in [0.05, 0.1) is 24.6 Å². The molecule has 4 fully saturated rings. The van der Waals surface area contributed by atoms with Crippen LogP contribution in [0.1, 0.15) is 71.1 Å². The number of piperidine rings is 1. The number of sulfone groups is 1. The van der Waals surface area contributed by atoms with Crippen molar-refractivity contribution in [1.29, 1.82) is 0 Å². The van der Waals surface area contributed by atoms with Crippen molar-refractivity contribution in [3.63, 3.8) is 0 Å². The van der Waals surface area contributed by atoms with Gasteiger partial charge in [-0.2, -0.15) is 0 Å². The predicted molar refractivity (Wildman–Crippen MR) is 119 cm³/mol. The van der Waals surface area contributed by atoms with Crippen LogP contribution < -0.4 is 4.74 Å². The normalized spacial score (nSPS) is 32.9. The number of hydrogen-bond acceptors (Lipinski definition) is 8. The summed E-state index contributed by atoms with van der Waals surface area (Å²) in [5, 5.41) is -0.0537. The molecule has 182 valence electrons. The van der Waals surface area contributed by atoms with Crippen molar-refractivity contribution in [1.82, 2.24) is 14.9 Å². The summed E-state index contributed by atoms with van der Waals surface area (Å²) in [5.74, 6) is 0.350. The Hall–Kier alpha value is -1.94. The monoisotopic (exact) mass is 479 g/mol. The lowest BCUT2D eigenvalue weighted by Gasteiger charge is -2.40. The summed E-state index contributed by atoms with van der Waals surface area (Å²) in [4.78, 5) is 22.7. The molecule has 4 aliphatic rings. The standard InChI is InChI=1S/C23H33N3O6S/c1-23(9-10-23)32-22(27)26-15-3-4-16(26)12-19(11-15)30-17-5-7-18(8-6-17)31-20-13-25-21(14-24-20)33(2,28)29/h13-19H,3-12H2,1-2H3. The Morgan fingerprint density at radius 3 is 2.15 bits per heavy atom. The number of nitrogens with zero attached hydrogens (tertiary/aromatic N) is 3. The SMILES string of the molecule is CC1(OC(=O)N2C3CCC2CC(OC2CCC(Oc4cnc(S(C)(=O)=O)cn4)CC2)C3)CC1. The van der Waals surface area contributed by atoms with Gasteiger partial charge in [-0.25, -0.2) is 23.2 Å². The van der Waals surface area contributed by atoms with Crippen LogP contribution in [0.2, 0.25) is 0 Å². The van der Waals surface area contributed by atoms with Crippen molar-refractivity contribution >= 4 is 15.9 Å². The predicted octanol–water partition coefficient (Wildman–Crippen LogP) is 3.27. The number of carbonyl (C=O) groups excluding carboxylic acids is 1. The highest BCUT2D eigenvalue weighted by Gasteiger charge is 2.49. The molecule has 2 saturated carbocycles. The van der Waals surface area contributed by atoms with Crippen LogP contribution in [-0.2, 0) is 19.3 Å². The lowest BCUT2D eigenvalue weighted by atomic mass is 9.93. The Labute approximate surface area is 195 Å². The van der Waals surface area contributed by atoms with Crippen LogP contribution in [0.15, 0.2) is 17.4 Å². The smallest absolute Gasteiger partial charge is 0.410 e. The van der Waals surface area contributed by atoms with Crippen LogP contribution in [0, 0.1) is 0 Å². The molecule has 1 amide bonds. The minimum absolute atomic E-state index is 0.0276. The fourth-order valence-corrected chi connectivity index (χ4v) is 5.85. The minimum Gasteiger partial charge on any atom is -0.473 e. The quantitative estimate of drug-likeness (QED) is 0.612. The van der Waals surface area contributed by atoms with E-state index in [1.165, 1.54) is 12.4 Å². The highest BCUT2D eigenvalue weighted by molar-refractivity contribution is 7.90. The highest BCUT2D eigenvalue weighted by Crippen LogP contribution is 2.43. The van der Waals surface area contributed by atoms with Crippen LogP contribution in [-0.4, -0.2) is 71.6 Å². The zero-order valence-corrected chi connectivity index (χ0v) is 20.1. The maximum absolute atomic E-state index is 12.7. The molecule has 3 heterocycles. The lowest BCUT2D eigenvalue weighted by molar-refractivity contribution is -0.0797. The van der Waals surface area contributed by atoms with Gasteiger partial charge in [0.2, 0.25) is 5.88 Å². The number of amides is 1. The first-order valence-electron chi connectivity index (χ1n) is 12.0. The van der Waals surface area contributed by atoms with E-state index in [0.29, 0.717) is 5.88 Å². The van der Waals surface area contributed by atoms with Gasteiger partial charge >= 0.3 is 6.09 Å². The molecule has 0 spiro atoms. The summed E-state index contributed by atoms with van der Waals surface area (Å²) >= 11 is 0. The molecule has 1 aromatic rings. The van der Waals surface area contributed by atoms with Crippen LogP contribution >= 0.6 is 0 Å². The summed E-state index contributed by atoms with van der Waals surface area (Å²) in [6, 6.07) is 0.466. The second-order valence-electron chi connectivity index (χ2n) is 10.3. The Kier molecular flexibility index (Phi) is 6.01. The van der Waals surface area contributed by atoms with Gasteiger partial charge in [0.1, 0.15) is 11.7 Å². The average Bonchev–Trinajstić information content (AvgIpc) is 3.42. The van der Waals surface area contributed by atoms with E-state index in [-0.39, 0.29) is 47.1 Å². The molecule has 2 aliphatic heterocycles. The second-order valence-corrected chi connectivity index (χ2v) is 12.3. The van der Waals surface area contributed by atoms with Crippen molar-refractivity contribution in [3.8, 4) is 5.88 Å². The third-order valence-electron chi connectivity index (χ3n) is 7.47. The molecule has 0 aromatic carbocycles. The fraction of sp³-hybridized carbons (Fsp3) is 0.783. The molecular weight excluding hydrogens is 446 g/mol. The van der Waals surface area contributed by atoms with E-state index in [4.69, 9.17) is 14.2 Å². The first kappa shape index (κ1) is 22.8. The fourth-order valence-electron chi connectivity index (χ4n) is 5.36.